The molecule has 1 aromatic carbocycles. The van der Waals surface area contributed by atoms with Crippen molar-refractivity contribution in [2.24, 2.45) is 7.05 Å². The zero-order valence-corrected chi connectivity index (χ0v) is 12.6. The fourth-order valence-corrected chi connectivity index (χ4v) is 3.07. The summed E-state index contributed by atoms with van der Waals surface area (Å²) < 4.78 is 2.54. The van der Waals surface area contributed by atoms with Crippen LogP contribution in [0.15, 0.2) is 24.3 Å². The summed E-state index contributed by atoms with van der Waals surface area (Å²) in [6.45, 7) is 1.95. The number of nitrogens with two attached hydrogens (primary N) is 1. The molecule has 0 saturated carbocycles. The fourth-order valence-electron chi connectivity index (χ4n) is 2.21. The number of nitrogens with one attached hydrogen (secondary N) is 1. The molecule has 0 unspecified atom stereocenters. The average molecular weight is 301 g/mol. The van der Waals surface area contributed by atoms with Crippen molar-refractivity contribution in [3.63, 3.8) is 0 Å². The van der Waals surface area contributed by atoms with Crippen LogP contribution in [0.4, 0.5) is 10.8 Å². The van der Waals surface area contributed by atoms with Gasteiger partial charge < -0.3 is 5.73 Å². The average Bonchev–Trinajstić information content (AvgIpc) is 2.98. The summed E-state index contributed by atoms with van der Waals surface area (Å²) in [6.07, 6.45) is 0.689. The van der Waals surface area contributed by atoms with Crippen LogP contribution in [0.2, 0.25) is 0 Å². The number of nitrogens with zero attached hydrogens (tertiary/aromatic N) is 3. The number of fused-ring (bicyclic) bond motifs is 1. The van der Waals surface area contributed by atoms with Crippen molar-refractivity contribution in [3.05, 3.63) is 35.7 Å². The highest BCUT2D eigenvalue weighted by Crippen LogP contribution is 2.26. The number of benzene rings is 1. The third-order valence-electron chi connectivity index (χ3n) is 3.22. The van der Waals surface area contributed by atoms with Crippen LogP contribution in [0.1, 0.15) is 23.1 Å². The van der Waals surface area contributed by atoms with Gasteiger partial charge in [-0.15, -0.1) is 0 Å². The number of anilines is 2. The third-order valence-corrected chi connectivity index (χ3v) is 4.18. The summed E-state index contributed by atoms with van der Waals surface area (Å²) in [7, 11) is 1.71. The highest BCUT2D eigenvalue weighted by molar-refractivity contribution is 7.22. The minimum Gasteiger partial charge on any atom is -0.395 e. The summed E-state index contributed by atoms with van der Waals surface area (Å²) in [6, 6.07) is 7.74. The van der Waals surface area contributed by atoms with E-state index in [1.54, 1.807) is 7.05 Å². The fraction of sp³-hybridized carbons (Fsp3) is 0.214. The largest absolute Gasteiger partial charge is 0.395 e. The van der Waals surface area contributed by atoms with Gasteiger partial charge in [0.05, 0.1) is 21.6 Å². The molecular formula is C14H15N5OS. The van der Waals surface area contributed by atoms with E-state index in [0.29, 0.717) is 22.9 Å². The molecular weight excluding hydrogens is 286 g/mol. The Morgan fingerprint density at radius 2 is 2.19 bits per heavy atom. The minimum atomic E-state index is -0.291. The van der Waals surface area contributed by atoms with Crippen molar-refractivity contribution in [3.8, 4) is 0 Å². The lowest BCUT2D eigenvalue weighted by Gasteiger charge is -2.02. The maximum absolute atomic E-state index is 12.4. The van der Waals surface area contributed by atoms with E-state index in [4.69, 9.17) is 5.73 Å². The number of aromatic nitrogens is 3. The molecule has 21 heavy (non-hydrogen) atoms. The SMILES string of the molecule is CCc1nn(C)c(C(=O)Nc2nc3ccccc3s2)c1N. The number of rotatable bonds is 3. The van der Waals surface area contributed by atoms with Crippen LogP contribution in [-0.2, 0) is 13.5 Å². The molecule has 7 heteroatoms. The van der Waals surface area contributed by atoms with E-state index in [1.807, 2.05) is 31.2 Å². The summed E-state index contributed by atoms with van der Waals surface area (Å²) in [5.41, 5.74) is 8.37. The summed E-state index contributed by atoms with van der Waals surface area (Å²) in [5.74, 6) is -0.291. The predicted molar refractivity (Wildman–Crippen MR) is 84.6 cm³/mol. The second-order valence-corrected chi connectivity index (χ2v) is 5.66. The van der Waals surface area contributed by atoms with Gasteiger partial charge in [0, 0.05) is 7.05 Å². The molecule has 2 heterocycles. The van der Waals surface area contributed by atoms with Crippen molar-refractivity contribution >= 4 is 38.3 Å². The summed E-state index contributed by atoms with van der Waals surface area (Å²) in [4.78, 5) is 16.8. The first kappa shape index (κ1) is 13.6. The summed E-state index contributed by atoms with van der Waals surface area (Å²) >= 11 is 1.43. The van der Waals surface area contributed by atoms with Gasteiger partial charge in [-0.05, 0) is 18.6 Å². The first-order valence-corrected chi connectivity index (χ1v) is 7.40. The van der Waals surface area contributed by atoms with Crippen LogP contribution in [0.25, 0.3) is 10.2 Å². The monoisotopic (exact) mass is 301 g/mol. The van der Waals surface area contributed by atoms with Crippen LogP contribution in [0.3, 0.4) is 0 Å². The molecule has 108 valence electrons. The molecule has 3 rings (SSSR count). The second-order valence-electron chi connectivity index (χ2n) is 4.63. The first-order valence-electron chi connectivity index (χ1n) is 6.58. The summed E-state index contributed by atoms with van der Waals surface area (Å²) in [5, 5.41) is 7.60. The Kier molecular flexibility index (Phi) is 3.34. The van der Waals surface area contributed by atoms with Crippen LogP contribution in [-0.4, -0.2) is 20.7 Å². The van der Waals surface area contributed by atoms with Crippen molar-refractivity contribution in [1.82, 2.24) is 14.8 Å². The van der Waals surface area contributed by atoms with Crippen LogP contribution >= 0.6 is 11.3 Å². The molecule has 0 radical (unpaired) electrons. The molecule has 3 aromatic rings. The Bertz CT molecular complexity index is 787. The quantitative estimate of drug-likeness (QED) is 0.778. The lowest BCUT2D eigenvalue weighted by atomic mass is 10.2. The maximum atomic E-state index is 12.4. The predicted octanol–water partition coefficient (Wildman–Crippen LogP) is 2.43. The molecule has 0 aliphatic carbocycles. The number of para-hydroxylation sites is 1. The maximum Gasteiger partial charge on any atom is 0.277 e. The lowest BCUT2D eigenvalue weighted by Crippen LogP contribution is -2.17. The molecule has 1 amide bonds. The highest BCUT2D eigenvalue weighted by Gasteiger charge is 2.20. The van der Waals surface area contributed by atoms with E-state index in [9.17, 15) is 4.79 Å². The van der Waals surface area contributed by atoms with Crippen LogP contribution < -0.4 is 11.1 Å². The molecule has 0 bridgehead atoms. The van der Waals surface area contributed by atoms with E-state index in [0.717, 1.165) is 15.9 Å². The lowest BCUT2D eigenvalue weighted by molar-refractivity contribution is 0.101. The van der Waals surface area contributed by atoms with Crippen molar-refractivity contribution in [1.29, 1.82) is 0 Å². The Balaban J connectivity index is 1.91. The van der Waals surface area contributed by atoms with E-state index in [1.165, 1.54) is 16.0 Å². The van der Waals surface area contributed by atoms with E-state index in [2.05, 4.69) is 15.4 Å². The number of thiazole rings is 1. The Hall–Kier alpha value is -2.41. The second kappa shape index (κ2) is 5.17. The van der Waals surface area contributed by atoms with Crippen molar-refractivity contribution in [2.75, 3.05) is 11.1 Å². The topological polar surface area (TPSA) is 85.8 Å². The van der Waals surface area contributed by atoms with Gasteiger partial charge in [-0.1, -0.05) is 30.4 Å². The number of hydrogen-bond donors (Lipinski definition) is 2. The van der Waals surface area contributed by atoms with E-state index < -0.39 is 0 Å². The Morgan fingerprint density at radius 1 is 1.43 bits per heavy atom. The van der Waals surface area contributed by atoms with Gasteiger partial charge in [0.2, 0.25) is 0 Å². The molecule has 3 N–H and O–H groups in total. The molecule has 0 aliphatic heterocycles. The number of amides is 1. The first-order chi connectivity index (χ1) is 10.1. The zero-order chi connectivity index (χ0) is 15.0. The smallest absolute Gasteiger partial charge is 0.277 e. The number of carbonyl (C=O) groups excluding carboxylic acids is 1. The van der Waals surface area contributed by atoms with Crippen LogP contribution in [0.5, 0.6) is 0 Å². The number of carbonyl (C=O) groups is 1. The Morgan fingerprint density at radius 3 is 2.86 bits per heavy atom. The van der Waals surface area contributed by atoms with Crippen molar-refractivity contribution in [2.45, 2.75) is 13.3 Å². The Labute approximate surface area is 125 Å². The van der Waals surface area contributed by atoms with Gasteiger partial charge in [0.1, 0.15) is 5.69 Å². The molecule has 0 saturated heterocycles. The molecule has 0 spiro atoms. The standard InChI is InChI=1S/C14H15N5OS/c1-3-8-11(15)12(19(2)18-8)13(20)17-14-16-9-6-4-5-7-10(9)21-14/h4-7H,3,15H2,1-2H3,(H,16,17,20). The molecule has 2 aromatic heterocycles. The van der Waals surface area contributed by atoms with Gasteiger partial charge in [-0.25, -0.2) is 4.98 Å². The van der Waals surface area contributed by atoms with Crippen molar-refractivity contribution < 1.29 is 4.79 Å². The number of aryl methyl sites for hydroxylation is 2. The third kappa shape index (κ3) is 2.36. The van der Waals surface area contributed by atoms with Gasteiger partial charge >= 0.3 is 0 Å². The van der Waals surface area contributed by atoms with Gasteiger partial charge in [-0.3, -0.25) is 14.8 Å². The molecule has 0 aliphatic rings. The number of hydrogen-bond acceptors (Lipinski definition) is 5. The van der Waals surface area contributed by atoms with Gasteiger partial charge in [-0.2, -0.15) is 5.10 Å². The minimum absolute atomic E-state index is 0.291. The normalized spacial score (nSPS) is 11.0. The van der Waals surface area contributed by atoms with Gasteiger partial charge in [0.25, 0.3) is 5.91 Å². The highest BCUT2D eigenvalue weighted by atomic mass is 32.1. The van der Waals surface area contributed by atoms with Gasteiger partial charge in [0.15, 0.2) is 5.13 Å². The van der Waals surface area contributed by atoms with E-state index in [-0.39, 0.29) is 5.91 Å². The zero-order valence-electron chi connectivity index (χ0n) is 11.8. The molecule has 0 atom stereocenters. The number of nitrogen functional groups attached to an aromatic ring is 1. The van der Waals surface area contributed by atoms with E-state index >= 15 is 0 Å². The molecule has 0 fully saturated rings. The van der Waals surface area contributed by atoms with Crippen LogP contribution in [0, 0.1) is 0 Å². The molecule has 6 nitrogen and oxygen atoms in total.